The third kappa shape index (κ3) is 1.58. The van der Waals surface area contributed by atoms with Gasteiger partial charge in [-0.1, -0.05) is 47.6 Å². The molecule has 0 unspecified atom stereocenters. The summed E-state index contributed by atoms with van der Waals surface area (Å²) in [7, 11) is 0. The molecular formula is C9H13Cl3. The molecule has 2 aliphatic carbocycles. The van der Waals surface area contributed by atoms with Crippen LogP contribution in [0.5, 0.6) is 0 Å². The second kappa shape index (κ2) is 3.22. The van der Waals surface area contributed by atoms with Crippen LogP contribution < -0.4 is 0 Å². The zero-order valence-corrected chi connectivity index (χ0v) is 9.17. The van der Waals surface area contributed by atoms with E-state index in [9.17, 15) is 0 Å². The average Bonchev–Trinajstić information content (AvgIpc) is 2.37. The lowest BCUT2D eigenvalue weighted by Crippen LogP contribution is -2.23. The van der Waals surface area contributed by atoms with Gasteiger partial charge in [0.25, 0.3) is 0 Å². The first kappa shape index (κ1) is 9.43. The maximum atomic E-state index is 5.94. The van der Waals surface area contributed by atoms with Crippen LogP contribution in [0.1, 0.15) is 32.1 Å². The summed E-state index contributed by atoms with van der Waals surface area (Å²) in [6.07, 6.45) is 6.38. The molecule has 0 aromatic carbocycles. The summed E-state index contributed by atoms with van der Waals surface area (Å²) >= 11 is 17.8. The van der Waals surface area contributed by atoms with E-state index in [1.165, 1.54) is 25.7 Å². The van der Waals surface area contributed by atoms with E-state index >= 15 is 0 Å². The highest BCUT2D eigenvalue weighted by molar-refractivity contribution is 6.67. The van der Waals surface area contributed by atoms with E-state index in [0.717, 1.165) is 12.3 Å². The molecule has 0 spiro atoms. The Morgan fingerprint density at radius 2 is 1.67 bits per heavy atom. The minimum Gasteiger partial charge on any atom is -0.0834 e. The molecule has 2 aliphatic rings. The first-order valence-corrected chi connectivity index (χ1v) is 5.79. The lowest BCUT2D eigenvalue weighted by molar-refractivity contribution is 0.357. The molecule has 0 aliphatic heterocycles. The Morgan fingerprint density at radius 1 is 0.917 bits per heavy atom. The van der Waals surface area contributed by atoms with Crippen molar-refractivity contribution in [2.24, 2.45) is 17.8 Å². The normalized spacial score (nSPS) is 41.8. The molecule has 0 nitrogen and oxygen atoms in total. The number of hydrogen-bond acceptors (Lipinski definition) is 0. The zero-order valence-electron chi connectivity index (χ0n) is 6.90. The van der Waals surface area contributed by atoms with Crippen LogP contribution in [-0.4, -0.2) is 3.79 Å². The topological polar surface area (TPSA) is 0 Å². The van der Waals surface area contributed by atoms with Crippen molar-refractivity contribution in [2.75, 3.05) is 0 Å². The van der Waals surface area contributed by atoms with Crippen molar-refractivity contribution in [3.63, 3.8) is 0 Å². The smallest absolute Gasteiger partial charge is 0.0834 e. The molecule has 0 aromatic rings. The van der Waals surface area contributed by atoms with E-state index in [4.69, 9.17) is 34.8 Å². The van der Waals surface area contributed by atoms with Gasteiger partial charge in [0, 0.05) is 5.92 Å². The zero-order chi connectivity index (χ0) is 8.77. The van der Waals surface area contributed by atoms with Gasteiger partial charge in [0.15, 0.2) is 3.79 Å². The molecule has 0 N–H and O–H groups in total. The van der Waals surface area contributed by atoms with Crippen molar-refractivity contribution in [2.45, 2.75) is 35.9 Å². The average molecular weight is 228 g/mol. The fourth-order valence-electron chi connectivity index (χ4n) is 2.97. The van der Waals surface area contributed by atoms with Gasteiger partial charge >= 0.3 is 0 Å². The predicted octanol–water partition coefficient (Wildman–Crippen LogP) is 4.18. The van der Waals surface area contributed by atoms with Crippen LogP contribution in [0.2, 0.25) is 0 Å². The molecule has 2 fully saturated rings. The molecule has 0 aromatic heterocycles. The van der Waals surface area contributed by atoms with Crippen molar-refractivity contribution < 1.29 is 0 Å². The maximum absolute atomic E-state index is 5.94. The quantitative estimate of drug-likeness (QED) is 0.545. The van der Waals surface area contributed by atoms with Crippen LogP contribution in [-0.2, 0) is 0 Å². The third-order valence-corrected chi connectivity index (χ3v) is 4.34. The highest BCUT2D eigenvalue weighted by atomic mass is 35.6. The summed E-state index contributed by atoms with van der Waals surface area (Å²) in [5.41, 5.74) is 0. The number of fused-ring (bicyclic) bond motifs is 1. The monoisotopic (exact) mass is 226 g/mol. The fourth-order valence-corrected chi connectivity index (χ4v) is 3.78. The lowest BCUT2D eigenvalue weighted by atomic mass is 9.93. The number of hydrogen-bond donors (Lipinski definition) is 0. The molecule has 70 valence electrons. The van der Waals surface area contributed by atoms with Crippen molar-refractivity contribution in [1.82, 2.24) is 0 Å². The summed E-state index contributed by atoms with van der Waals surface area (Å²) in [6, 6.07) is 0. The van der Waals surface area contributed by atoms with Gasteiger partial charge in [-0.15, -0.1) is 0 Å². The summed E-state index contributed by atoms with van der Waals surface area (Å²) in [5.74, 6) is 1.90. The molecule has 3 atom stereocenters. The summed E-state index contributed by atoms with van der Waals surface area (Å²) in [4.78, 5) is 0. The predicted molar refractivity (Wildman–Crippen MR) is 53.8 cm³/mol. The lowest BCUT2D eigenvalue weighted by Gasteiger charge is -2.25. The molecule has 0 radical (unpaired) electrons. The third-order valence-electron chi connectivity index (χ3n) is 3.50. The first-order valence-electron chi connectivity index (χ1n) is 4.66. The van der Waals surface area contributed by atoms with Crippen molar-refractivity contribution in [3.8, 4) is 0 Å². The van der Waals surface area contributed by atoms with E-state index in [1.807, 2.05) is 0 Å². The summed E-state index contributed by atoms with van der Waals surface area (Å²) in [5, 5.41) is 0. The Balaban J connectivity index is 2.09. The minimum absolute atomic E-state index is 0.329. The molecule has 0 heterocycles. The molecule has 0 bridgehead atoms. The van der Waals surface area contributed by atoms with Gasteiger partial charge in [-0.25, -0.2) is 0 Å². The number of alkyl halides is 3. The van der Waals surface area contributed by atoms with Gasteiger partial charge in [0.1, 0.15) is 0 Å². The maximum Gasteiger partial charge on any atom is 0.193 e. The van der Waals surface area contributed by atoms with Gasteiger partial charge in [-0.3, -0.25) is 0 Å². The Bertz CT molecular complexity index is 173. The summed E-state index contributed by atoms with van der Waals surface area (Å²) < 4.78 is -1.01. The van der Waals surface area contributed by atoms with Crippen molar-refractivity contribution in [3.05, 3.63) is 0 Å². The van der Waals surface area contributed by atoms with E-state index in [-0.39, 0.29) is 0 Å². The van der Waals surface area contributed by atoms with E-state index in [2.05, 4.69) is 0 Å². The molecular weight excluding hydrogens is 214 g/mol. The highest BCUT2D eigenvalue weighted by Crippen LogP contribution is 2.55. The van der Waals surface area contributed by atoms with Gasteiger partial charge in [-0.05, 0) is 31.1 Å². The molecule has 3 heteroatoms. The minimum atomic E-state index is -1.01. The Hall–Kier alpha value is 0.870. The van der Waals surface area contributed by atoms with E-state index < -0.39 is 3.79 Å². The van der Waals surface area contributed by atoms with Gasteiger partial charge < -0.3 is 0 Å². The largest absolute Gasteiger partial charge is 0.193 e. The second-order valence-corrected chi connectivity index (χ2v) is 6.45. The summed E-state index contributed by atoms with van der Waals surface area (Å²) in [6.45, 7) is 0. The Morgan fingerprint density at radius 3 is 2.33 bits per heavy atom. The van der Waals surface area contributed by atoms with Crippen LogP contribution in [0.4, 0.5) is 0 Å². The van der Waals surface area contributed by atoms with Crippen LogP contribution in [0.25, 0.3) is 0 Å². The molecule has 0 saturated heterocycles. The van der Waals surface area contributed by atoms with E-state index in [0.29, 0.717) is 11.8 Å². The second-order valence-electron chi connectivity index (χ2n) is 4.08. The molecule has 12 heavy (non-hydrogen) atoms. The highest BCUT2D eigenvalue weighted by Gasteiger charge is 2.47. The van der Waals surface area contributed by atoms with Gasteiger partial charge in [0.05, 0.1) is 0 Å². The Kier molecular flexibility index (Phi) is 2.53. The number of rotatable bonds is 0. The van der Waals surface area contributed by atoms with Crippen molar-refractivity contribution >= 4 is 34.8 Å². The van der Waals surface area contributed by atoms with Crippen LogP contribution in [0, 0.1) is 17.8 Å². The van der Waals surface area contributed by atoms with Crippen LogP contribution >= 0.6 is 34.8 Å². The van der Waals surface area contributed by atoms with Gasteiger partial charge in [0.2, 0.25) is 0 Å². The molecule has 2 rings (SSSR count). The molecule has 2 saturated carbocycles. The van der Waals surface area contributed by atoms with Crippen LogP contribution in [0.15, 0.2) is 0 Å². The SMILES string of the molecule is ClC(Cl)(Cl)[C@H]1CC[C@H]2CCC[C@H]21. The van der Waals surface area contributed by atoms with Crippen molar-refractivity contribution in [1.29, 1.82) is 0 Å². The van der Waals surface area contributed by atoms with Gasteiger partial charge in [-0.2, -0.15) is 0 Å². The van der Waals surface area contributed by atoms with Crippen LogP contribution in [0.3, 0.4) is 0 Å². The molecule has 0 amide bonds. The number of halogens is 3. The Labute approximate surface area is 88.6 Å². The standard InChI is InChI=1S/C9H13Cl3/c10-9(11,12)8-5-4-6-2-1-3-7(6)8/h6-8H,1-5H2/t6-,7-,8+/m1/s1. The fraction of sp³-hybridized carbons (Fsp3) is 1.00. The first-order chi connectivity index (χ1) is 5.59. The van der Waals surface area contributed by atoms with E-state index in [1.54, 1.807) is 0 Å².